The van der Waals surface area contributed by atoms with Crippen LogP contribution in [0.4, 0.5) is 0 Å². The topological polar surface area (TPSA) is 52.6 Å². The molecule has 1 atom stereocenters. The Hall–Kier alpha value is -2.62. The molecule has 0 aromatic heterocycles. The van der Waals surface area contributed by atoms with Crippen LogP contribution in [-0.4, -0.2) is 25.0 Å². The summed E-state index contributed by atoms with van der Waals surface area (Å²) >= 11 is 0. The number of fused-ring (bicyclic) bond motifs is 1. The molecule has 0 spiro atoms. The summed E-state index contributed by atoms with van der Waals surface area (Å²) in [4.78, 5) is 24.3. The van der Waals surface area contributed by atoms with Crippen molar-refractivity contribution in [1.29, 1.82) is 0 Å². The first kappa shape index (κ1) is 13.4. The molecule has 21 heavy (non-hydrogen) atoms. The second-order valence-corrected chi connectivity index (χ2v) is 4.85. The number of hydrogen-bond acceptors (Lipinski definition) is 4. The smallest absolute Gasteiger partial charge is 0.338 e. The fraction of sp³-hybridized carbons (Fsp3) is 0.176. The van der Waals surface area contributed by atoms with Gasteiger partial charge in [-0.15, -0.1) is 0 Å². The predicted octanol–water partition coefficient (Wildman–Crippen LogP) is 2.66. The molecule has 1 aliphatic carbocycles. The van der Waals surface area contributed by atoms with Crippen LogP contribution in [0.2, 0.25) is 0 Å². The molecule has 2 aromatic rings. The zero-order valence-corrected chi connectivity index (χ0v) is 11.5. The minimum Gasteiger partial charge on any atom is -0.497 e. The Kier molecular flexibility index (Phi) is 3.44. The molecule has 0 unspecified atom stereocenters. The van der Waals surface area contributed by atoms with Crippen molar-refractivity contribution in [3.05, 3.63) is 65.2 Å². The number of ketones is 1. The van der Waals surface area contributed by atoms with E-state index in [0.29, 0.717) is 23.3 Å². The highest BCUT2D eigenvalue weighted by molar-refractivity contribution is 6.05. The van der Waals surface area contributed by atoms with Crippen molar-refractivity contribution in [3.8, 4) is 5.75 Å². The summed E-state index contributed by atoms with van der Waals surface area (Å²) in [5, 5.41) is 0. The van der Waals surface area contributed by atoms with Crippen molar-refractivity contribution < 1.29 is 19.1 Å². The molecule has 0 amide bonds. The van der Waals surface area contributed by atoms with Crippen molar-refractivity contribution in [2.75, 3.05) is 7.11 Å². The van der Waals surface area contributed by atoms with Crippen LogP contribution in [-0.2, 0) is 11.2 Å². The van der Waals surface area contributed by atoms with Gasteiger partial charge in [0.05, 0.1) is 12.7 Å². The Balaban J connectivity index is 1.77. The molecule has 4 nitrogen and oxygen atoms in total. The van der Waals surface area contributed by atoms with Gasteiger partial charge >= 0.3 is 5.97 Å². The van der Waals surface area contributed by atoms with E-state index in [1.807, 2.05) is 12.1 Å². The lowest BCUT2D eigenvalue weighted by Crippen LogP contribution is -2.24. The maximum absolute atomic E-state index is 12.2. The molecule has 0 radical (unpaired) electrons. The lowest BCUT2D eigenvalue weighted by molar-refractivity contribution is 0.0304. The van der Waals surface area contributed by atoms with E-state index in [9.17, 15) is 9.59 Å². The second kappa shape index (κ2) is 5.40. The van der Waals surface area contributed by atoms with E-state index >= 15 is 0 Å². The standard InChI is InChI=1S/C17H14O4/c1-20-13-7-8-14-12(9-13)10-15(16(14)18)21-17(19)11-5-3-2-4-6-11/h2-9,15H,10H2,1H3/t15-/m1/s1. The minimum atomic E-state index is -0.750. The number of benzene rings is 2. The molecule has 4 heteroatoms. The number of rotatable bonds is 3. The van der Waals surface area contributed by atoms with Crippen LogP contribution in [0, 0.1) is 0 Å². The number of Topliss-reactive ketones (excluding diaryl/α,β-unsaturated/α-hetero) is 1. The molecule has 1 aliphatic rings. The molecule has 0 saturated heterocycles. The van der Waals surface area contributed by atoms with Crippen molar-refractivity contribution in [2.45, 2.75) is 12.5 Å². The normalized spacial score (nSPS) is 16.4. The number of methoxy groups -OCH3 is 1. The zero-order chi connectivity index (χ0) is 14.8. The first-order chi connectivity index (χ1) is 10.2. The molecule has 0 aliphatic heterocycles. The molecule has 2 aromatic carbocycles. The minimum absolute atomic E-state index is 0.156. The van der Waals surface area contributed by atoms with Crippen LogP contribution in [0.15, 0.2) is 48.5 Å². The lowest BCUT2D eigenvalue weighted by Gasteiger charge is -2.10. The van der Waals surface area contributed by atoms with Crippen molar-refractivity contribution in [3.63, 3.8) is 0 Å². The van der Waals surface area contributed by atoms with E-state index in [1.165, 1.54) is 0 Å². The van der Waals surface area contributed by atoms with Gasteiger partial charge in [0.2, 0.25) is 5.78 Å². The third-order valence-corrected chi connectivity index (χ3v) is 3.53. The monoisotopic (exact) mass is 282 g/mol. The Morgan fingerprint density at radius 2 is 1.90 bits per heavy atom. The third-order valence-electron chi connectivity index (χ3n) is 3.53. The molecule has 0 N–H and O–H groups in total. The van der Waals surface area contributed by atoms with E-state index in [4.69, 9.17) is 9.47 Å². The highest BCUT2D eigenvalue weighted by Gasteiger charge is 2.33. The van der Waals surface area contributed by atoms with Crippen LogP contribution >= 0.6 is 0 Å². The van der Waals surface area contributed by atoms with Crippen LogP contribution in [0.1, 0.15) is 26.3 Å². The fourth-order valence-electron chi connectivity index (χ4n) is 2.44. The molecule has 0 heterocycles. The number of ether oxygens (including phenoxy) is 2. The van der Waals surface area contributed by atoms with Gasteiger partial charge in [-0.25, -0.2) is 4.79 Å². The van der Waals surface area contributed by atoms with Gasteiger partial charge in [-0.3, -0.25) is 4.79 Å². The zero-order valence-electron chi connectivity index (χ0n) is 11.5. The first-order valence-electron chi connectivity index (χ1n) is 6.66. The maximum Gasteiger partial charge on any atom is 0.338 e. The number of carbonyl (C=O) groups is 2. The van der Waals surface area contributed by atoms with Gasteiger partial charge in [0.15, 0.2) is 6.10 Å². The van der Waals surface area contributed by atoms with Crippen molar-refractivity contribution in [2.24, 2.45) is 0 Å². The van der Waals surface area contributed by atoms with E-state index in [2.05, 4.69) is 0 Å². The molecule has 0 fully saturated rings. The van der Waals surface area contributed by atoms with Crippen molar-refractivity contribution >= 4 is 11.8 Å². The number of carbonyl (C=O) groups excluding carboxylic acids is 2. The van der Waals surface area contributed by atoms with Gasteiger partial charge in [-0.2, -0.15) is 0 Å². The fourth-order valence-corrected chi connectivity index (χ4v) is 2.44. The quantitative estimate of drug-likeness (QED) is 0.812. The average Bonchev–Trinajstić information content (AvgIpc) is 2.83. The predicted molar refractivity (Wildman–Crippen MR) is 76.7 cm³/mol. The highest BCUT2D eigenvalue weighted by atomic mass is 16.5. The molecule has 0 bridgehead atoms. The van der Waals surface area contributed by atoms with Gasteiger partial charge in [-0.05, 0) is 35.9 Å². The average molecular weight is 282 g/mol. The SMILES string of the molecule is COc1ccc2c(c1)C[C@@H](OC(=O)c1ccccc1)C2=O. The summed E-state index contributed by atoms with van der Waals surface area (Å²) in [6, 6.07) is 13.9. The Morgan fingerprint density at radius 1 is 1.14 bits per heavy atom. The van der Waals surface area contributed by atoms with E-state index in [1.54, 1.807) is 43.5 Å². The summed E-state index contributed by atoms with van der Waals surface area (Å²) in [5.41, 5.74) is 1.89. The summed E-state index contributed by atoms with van der Waals surface area (Å²) in [5.74, 6) is 0.0576. The molecule has 106 valence electrons. The number of esters is 1. The van der Waals surface area contributed by atoms with E-state index in [0.717, 1.165) is 5.56 Å². The van der Waals surface area contributed by atoms with E-state index in [-0.39, 0.29) is 5.78 Å². The van der Waals surface area contributed by atoms with Gasteiger partial charge in [-0.1, -0.05) is 18.2 Å². The molecular formula is C17H14O4. The van der Waals surface area contributed by atoms with Gasteiger partial charge < -0.3 is 9.47 Å². The maximum atomic E-state index is 12.2. The Morgan fingerprint density at radius 3 is 2.62 bits per heavy atom. The molecule has 0 saturated carbocycles. The van der Waals surface area contributed by atoms with Crippen LogP contribution in [0.5, 0.6) is 5.75 Å². The van der Waals surface area contributed by atoms with Crippen LogP contribution < -0.4 is 4.74 Å². The Bertz CT molecular complexity index is 691. The van der Waals surface area contributed by atoms with Crippen molar-refractivity contribution in [1.82, 2.24) is 0 Å². The lowest BCUT2D eigenvalue weighted by atomic mass is 10.1. The molecular weight excluding hydrogens is 268 g/mol. The van der Waals surface area contributed by atoms with Gasteiger partial charge in [0, 0.05) is 12.0 Å². The third kappa shape index (κ3) is 2.52. The van der Waals surface area contributed by atoms with Crippen LogP contribution in [0.3, 0.4) is 0 Å². The Labute approximate surface area is 122 Å². The van der Waals surface area contributed by atoms with Gasteiger partial charge in [0.25, 0.3) is 0 Å². The van der Waals surface area contributed by atoms with Crippen LogP contribution in [0.25, 0.3) is 0 Å². The second-order valence-electron chi connectivity index (χ2n) is 4.85. The first-order valence-corrected chi connectivity index (χ1v) is 6.66. The summed E-state index contributed by atoms with van der Waals surface area (Å²) in [7, 11) is 1.57. The van der Waals surface area contributed by atoms with Gasteiger partial charge in [0.1, 0.15) is 5.75 Å². The summed E-state index contributed by atoms with van der Waals surface area (Å²) < 4.78 is 10.5. The summed E-state index contributed by atoms with van der Waals surface area (Å²) in [6.45, 7) is 0. The molecule has 3 rings (SSSR count). The highest BCUT2D eigenvalue weighted by Crippen LogP contribution is 2.28. The number of hydrogen-bond donors (Lipinski definition) is 0. The van der Waals surface area contributed by atoms with E-state index < -0.39 is 12.1 Å². The largest absolute Gasteiger partial charge is 0.497 e. The summed E-state index contributed by atoms with van der Waals surface area (Å²) in [6.07, 6.45) is -0.357.